The van der Waals surface area contributed by atoms with Gasteiger partial charge in [-0.15, -0.1) is 13.2 Å². The number of carbonyl (C=O) groups excluding carboxylic acids is 1. The number of carbonyl (C=O) groups is 1. The van der Waals surface area contributed by atoms with E-state index in [2.05, 4.69) is 10.1 Å². The van der Waals surface area contributed by atoms with Gasteiger partial charge in [0.2, 0.25) is 5.91 Å². The van der Waals surface area contributed by atoms with Gasteiger partial charge < -0.3 is 10.1 Å². The van der Waals surface area contributed by atoms with E-state index in [-0.39, 0.29) is 10.6 Å². The molecular formula is C23H18F6N2O4S. The highest BCUT2D eigenvalue weighted by molar-refractivity contribution is 7.92. The molecule has 13 heteroatoms. The average molecular weight is 532 g/mol. The largest absolute Gasteiger partial charge is 0.573 e. The fourth-order valence-corrected chi connectivity index (χ4v) is 4.47. The van der Waals surface area contributed by atoms with E-state index in [9.17, 15) is 39.6 Å². The molecule has 0 bridgehead atoms. The molecule has 0 aliphatic heterocycles. The molecule has 0 radical (unpaired) electrons. The van der Waals surface area contributed by atoms with Crippen molar-refractivity contribution in [2.75, 3.05) is 16.2 Å². The number of anilines is 2. The number of ether oxygens (including phenoxy) is 1. The third-order valence-corrected chi connectivity index (χ3v) is 6.52. The van der Waals surface area contributed by atoms with Crippen molar-refractivity contribution in [3.63, 3.8) is 0 Å². The molecule has 36 heavy (non-hydrogen) atoms. The number of nitrogens with one attached hydrogen (secondary N) is 1. The molecule has 1 N–H and O–H groups in total. The lowest BCUT2D eigenvalue weighted by atomic mass is 10.2. The van der Waals surface area contributed by atoms with E-state index >= 15 is 0 Å². The van der Waals surface area contributed by atoms with Gasteiger partial charge in [0.1, 0.15) is 12.3 Å². The molecule has 0 atom stereocenters. The molecule has 3 rings (SSSR count). The molecule has 0 heterocycles. The second-order valence-corrected chi connectivity index (χ2v) is 9.36. The zero-order valence-corrected chi connectivity index (χ0v) is 19.2. The zero-order chi connectivity index (χ0) is 26.7. The van der Waals surface area contributed by atoms with Crippen LogP contribution in [0.25, 0.3) is 0 Å². The lowest BCUT2D eigenvalue weighted by molar-refractivity contribution is -0.274. The van der Waals surface area contributed by atoms with Crippen LogP contribution in [0.15, 0.2) is 77.7 Å². The van der Waals surface area contributed by atoms with Crippen molar-refractivity contribution in [3.05, 3.63) is 83.9 Å². The fourth-order valence-electron chi connectivity index (χ4n) is 3.06. The van der Waals surface area contributed by atoms with Crippen LogP contribution in [0.5, 0.6) is 5.75 Å². The molecular weight excluding hydrogens is 514 g/mol. The van der Waals surface area contributed by atoms with Crippen LogP contribution in [0.4, 0.5) is 37.7 Å². The minimum absolute atomic E-state index is 0.00579. The van der Waals surface area contributed by atoms with Gasteiger partial charge in [0.25, 0.3) is 10.0 Å². The Bertz CT molecular complexity index is 1320. The predicted octanol–water partition coefficient (Wildman–Crippen LogP) is 5.75. The summed E-state index contributed by atoms with van der Waals surface area (Å²) in [4.78, 5) is 12.4. The highest BCUT2D eigenvalue weighted by atomic mass is 32.2. The van der Waals surface area contributed by atoms with E-state index in [0.29, 0.717) is 10.4 Å². The lowest BCUT2D eigenvalue weighted by Crippen LogP contribution is -2.38. The summed E-state index contributed by atoms with van der Waals surface area (Å²) in [5, 5.41) is 2.31. The highest BCUT2D eigenvalue weighted by Crippen LogP contribution is 2.33. The molecule has 0 aliphatic rings. The fraction of sp³-hybridized carbons (Fsp3) is 0.174. The average Bonchev–Trinajstić information content (AvgIpc) is 2.77. The molecule has 6 nitrogen and oxygen atoms in total. The Labute approximate surface area is 202 Å². The van der Waals surface area contributed by atoms with Crippen LogP contribution >= 0.6 is 0 Å². The van der Waals surface area contributed by atoms with E-state index in [1.54, 1.807) is 6.92 Å². The van der Waals surface area contributed by atoms with E-state index in [1.165, 1.54) is 24.3 Å². The molecule has 1 amide bonds. The van der Waals surface area contributed by atoms with Crippen LogP contribution in [0.2, 0.25) is 0 Å². The van der Waals surface area contributed by atoms with Gasteiger partial charge in [-0.3, -0.25) is 9.10 Å². The number of halogens is 6. The Hall–Kier alpha value is -3.74. The van der Waals surface area contributed by atoms with Crippen molar-refractivity contribution in [1.82, 2.24) is 0 Å². The van der Waals surface area contributed by atoms with Crippen LogP contribution in [0, 0.1) is 6.92 Å². The van der Waals surface area contributed by atoms with E-state index in [1.807, 2.05) is 0 Å². The summed E-state index contributed by atoms with van der Waals surface area (Å²) < 4.78 is 108. The summed E-state index contributed by atoms with van der Waals surface area (Å²) >= 11 is 0. The van der Waals surface area contributed by atoms with Crippen molar-refractivity contribution >= 4 is 27.3 Å². The van der Waals surface area contributed by atoms with Crippen molar-refractivity contribution in [1.29, 1.82) is 0 Å². The topological polar surface area (TPSA) is 75.7 Å². The minimum atomic E-state index is -4.92. The maximum atomic E-state index is 13.3. The summed E-state index contributed by atoms with van der Waals surface area (Å²) in [5.74, 6) is -1.50. The summed E-state index contributed by atoms with van der Waals surface area (Å²) in [6, 6.07) is 13.0. The van der Waals surface area contributed by atoms with Gasteiger partial charge in [0.15, 0.2) is 0 Å². The maximum absolute atomic E-state index is 13.3. The first-order valence-electron chi connectivity index (χ1n) is 10.1. The number of rotatable bonds is 7. The van der Waals surface area contributed by atoms with Crippen molar-refractivity contribution < 1.29 is 44.3 Å². The first kappa shape index (κ1) is 26.9. The van der Waals surface area contributed by atoms with Crippen molar-refractivity contribution in [2.45, 2.75) is 24.4 Å². The quantitative estimate of drug-likeness (QED) is 0.394. The molecule has 3 aromatic carbocycles. The SMILES string of the molecule is Cc1ccc(S(=O)(=O)N(CC(=O)Nc2ccc(OC(F)(F)F)cc2)c2cccc(C(F)(F)F)c2)cc1. The molecule has 0 unspecified atom stereocenters. The maximum Gasteiger partial charge on any atom is 0.573 e. The number of hydrogen-bond acceptors (Lipinski definition) is 4. The Morgan fingerprint density at radius 2 is 1.53 bits per heavy atom. The van der Waals surface area contributed by atoms with Gasteiger partial charge in [-0.1, -0.05) is 23.8 Å². The van der Waals surface area contributed by atoms with Gasteiger partial charge in [0, 0.05) is 5.69 Å². The number of alkyl halides is 6. The molecule has 3 aromatic rings. The predicted molar refractivity (Wildman–Crippen MR) is 119 cm³/mol. The van der Waals surface area contributed by atoms with Gasteiger partial charge in [0.05, 0.1) is 16.1 Å². The van der Waals surface area contributed by atoms with Crippen LogP contribution in [-0.4, -0.2) is 27.2 Å². The van der Waals surface area contributed by atoms with E-state index < -0.39 is 52.0 Å². The third kappa shape index (κ3) is 6.90. The monoisotopic (exact) mass is 532 g/mol. The summed E-state index contributed by atoms with van der Waals surface area (Å²) in [6.45, 7) is 0.789. The highest BCUT2D eigenvalue weighted by Gasteiger charge is 2.33. The number of amides is 1. The smallest absolute Gasteiger partial charge is 0.406 e. The molecule has 0 saturated heterocycles. The molecule has 0 saturated carbocycles. The van der Waals surface area contributed by atoms with E-state index in [0.717, 1.165) is 48.0 Å². The molecule has 0 fully saturated rings. The Morgan fingerprint density at radius 3 is 2.08 bits per heavy atom. The second kappa shape index (κ2) is 10.1. The third-order valence-electron chi connectivity index (χ3n) is 4.73. The summed E-state index contributed by atoms with van der Waals surface area (Å²) in [5.41, 5.74) is -0.791. The zero-order valence-electron chi connectivity index (χ0n) is 18.4. The standard InChI is InChI=1S/C23H18F6N2O4S/c1-15-5-11-20(12-6-15)36(33,34)31(18-4-2-3-16(13-18)22(24,25)26)14-21(32)30-17-7-9-19(10-8-17)35-23(27,28)29/h2-13H,14H2,1H3,(H,30,32). The molecule has 192 valence electrons. The molecule has 0 spiro atoms. The van der Waals surface area contributed by atoms with Crippen LogP contribution in [0.1, 0.15) is 11.1 Å². The van der Waals surface area contributed by atoms with Gasteiger partial charge in [-0.25, -0.2) is 8.42 Å². The van der Waals surface area contributed by atoms with Crippen LogP contribution < -0.4 is 14.4 Å². The Balaban J connectivity index is 1.91. The minimum Gasteiger partial charge on any atom is -0.406 e. The normalized spacial score (nSPS) is 12.2. The first-order chi connectivity index (χ1) is 16.6. The van der Waals surface area contributed by atoms with Crippen molar-refractivity contribution in [3.8, 4) is 5.75 Å². The summed E-state index contributed by atoms with van der Waals surface area (Å²) in [7, 11) is -4.49. The number of benzene rings is 3. The Kier molecular flexibility index (Phi) is 7.53. The number of nitrogens with zero attached hydrogens (tertiary/aromatic N) is 1. The van der Waals surface area contributed by atoms with Gasteiger partial charge in [-0.2, -0.15) is 13.2 Å². The van der Waals surface area contributed by atoms with Gasteiger partial charge >= 0.3 is 12.5 Å². The first-order valence-corrected chi connectivity index (χ1v) is 11.5. The molecule has 0 aliphatic carbocycles. The number of hydrogen-bond donors (Lipinski definition) is 1. The Morgan fingerprint density at radius 1 is 0.917 bits per heavy atom. The lowest BCUT2D eigenvalue weighted by Gasteiger charge is -2.25. The number of sulfonamides is 1. The molecule has 0 aromatic heterocycles. The second-order valence-electron chi connectivity index (χ2n) is 7.49. The summed E-state index contributed by atoms with van der Waals surface area (Å²) in [6.07, 6.45) is -9.68. The van der Waals surface area contributed by atoms with Crippen LogP contribution in [0.3, 0.4) is 0 Å². The number of aryl methyl sites for hydroxylation is 1. The van der Waals surface area contributed by atoms with E-state index in [4.69, 9.17) is 0 Å². The van der Waals surface area contributed by atoms with Crippen LogP contribution in [-0.2, 0) is 21.0 Å². The van der Waals surface area contributed by atoms with Crippen molar-refractivity contribution in [2.24, 2.45) is 0 Å². The van der Waals surface area contributed by atoms with Gasteiger partial charge in [-0.05, 0) is 61.5 Å².